The Bertz CT molecular complexity index is 498. The summed E-state index contributed by atoms with van der Waals surface area (Å²) in [4.78, 5) is 14.9. The third-order valence-corrected chi connectivity index (χ3v) is 4.93. The van der Waals surface area contributed by atoms with Crippen molar-refractivity contribution in [1.82, 2.24) is 4.90 Å². The Balaban J connectivity index is 2.22. The number of benzene rings is 1. The van der Waals surface area contributed by atoms with Crippen LogP contribution in [0.25, 0.3) is 0 Å². The van der Waals surface area contributed by atoms with Crippen LogP contribution < -0.4 is 5.73 Å². The first-order valence-electron chi connectivity index (χ1n) is 8.16. The molecular formula is C18H28N2O. The summed E-state index contributed by atoms with van der Waals surface area (Å²) in [5, 5.41) is 0. The summed E-state index contributed by atoms with van der Waals surface area (Å²) < 4.78 is 0. The second-order valence-electron chi connectivity index (χ2n) is 6.24. The molecule has 1 saturated carbocycles. The van der Waals surface area contributed by atoms with Crippen LogP contribution in [0, 0.1) is 19.8 Å². The minimum Gasteiger partial charge on any atom is -0.336 e. The lowest BCUT2D eigenvalue weighted by Gasteiger charge is -2.39. The quantitative estimate of drug-likeness (QED) is 0.924. The molecule has 2 rings (SSSR count). The number of rotatable bonds is 4. The first kappa shape index (κ1) is 16.0. The Morgan fingerprint density at radius 2 is 1.95 bits per heavy atom. The molecule has 0 aromatic heterocycles. The van der Waals surface area contributed by atoms with Crippen molar-refractivity contribution in [3.05, 3.63) is 34.9 Å². The van der Waals surface area contributed by atoms with Crippen LogP contribution in [0.4, 0.5) is 0 Å². The molecule has 116 valence electrons. The van der Waals surface area contributed by atoms with E-state index in [0.29, 0.717) is 18.5 Å². The highest BCUT2D eigenvalue weighted by Crippen LogP contribution is 2.29. The van der Waals surface area contributed by atoms with Crippen LogP contribution >= 0.6 is 0 Å². The van der Waals surface area contributed by atoms with Crippen molar-refractivity contribution in [3.63, 3.8) is 0 Å². The molecule has 0 aliphatic heterocycles. The zero-order valence-corrected chi connectivity index (χ0v) is 13.6. The Kier molecular flexibility index (Phi) is 5.40. The van der Waals surface area contributed by atoms with Crippen LogP contribution in [0.2, 0.25) is 0 Å². The normalized spacial score (nSPS) is 22.1. The molecule has 2 unspecified atom stereocenters. The first-order chi connectivity index (χ1) is 10.1. The average Bonchev–Trinajstić information content (AvgIpc) is 2.51. The number of amides is 1. The predicted molar refractivity (Wildman–Crippen MR) is 87.4 cm³/mol. The highest BCUT2D eigenvalue weighted by Gasteiger charge is 2.31. The van der Waals surface area contributed by atoms with Crippen LogP contribution in [0.15, 0.2) is 18.2 Å². The van der Waals surface area contributed by atoms with Gasteiger partial charge in [0, 0.05) is 18.2 Å². The lowest BCUT2D eigenvalue weighted by Crippen LogP contribution is -2.48. The van der Waals surface area contributed by atoms with E-state index in [2.05, 4.69) is 20.8 Å². The molecular weight excluding hydrogens is 260 g/mol. The largest absolute Gasteiger partial charge is 0.336 e. The minimum absolute atomic E-state index is 0.158. The second-order valence-corrected chi connectivity index (χ2v) is 6.24. The predicted octanol–water partition coefficient (Wildman–Crippen LogP) is 3.28. The summed E-state index contributed by atoms with van der Waals surface area (Å²) in [6, 6.07) is 6.31. The number of hydrogen-bond donors (Lipinski definition) is 1. The van der Waals surface area contributed by atoms with Crippen LogP contribution in [-0.2, 0) is 0 Å². The molecule has 1 aromatic carbocycles. The van der Waals surface area contributed by atoms with Gasteiger partial charge in [0.2, 0.25) is 0 Å². The van der Waals surface area contributed by atoms with Gasteiger partial charge in [-0.1, -0.05) is 18.9 Å². The number of hydrogen-bond acceptors (Lipinski definition) is 2. The highest BCUT2D eigenvalue weighted by atomic mass is 16.2. The van der Waals surface area contributed by atoms with Crippen LogP contribution in [0.5, 0.6) is 0 Å². The fraction of sp³-hybridized carbons (Fsp3) is 0.611. The molecule has 2 atom stereocenters. The third-order valence-electron chi connectivity index (χ3n) is 4.93. The molecule has 1 aliphatic rings. The van der Waals surface area contributed by atoms with Crippen molar-refractivity contribution in [1.29, 1.82) is 0 Å². The molecule has 0 saturated heterocycles. The average molecular weight is 288 g/mol. The number of aryl methyl sites for hydroxylation is 2. The highest BCUT2D eigenvalue weighted by molar-refractivity contribution is 5.94. The standard InChI is InChI=1S/C18H28N2O/c1-4-20(17-8-6-5-7-16(17)12-19)18(21)15-10-9-13(2)14(3)11-15/h9-11,16-17H,4-8,12,19H2,1-3H3. The molecule has 1 aromatic rings. The molecule has 0 bridgehead atoms. The van der Waals surface area contributed by atoms with Crippen molar-refractivity contribution in [2.75, 3.05) is 13.1 Å². The van der Waals surface area contributed by atoms with Gasteiger partial charge in [0.1, 0.15) is 0 Å². The summed E-state index contributed by atoms with van der Waals surface area (Å²) in [5.74, 6) is 0.611. The van der Waals surface area contributed by atoms with E-state index >= 15 is 0 Å². The van der Waals surface area contributed by atoms with Gasteiger partial charge in [-0.15, -0.1) is 0 Å². The van der Waals surface area contributed by atoms with Gasteiger partial charge in [0.15, 0.2) is 0 Å². The lowest BCUT2D eigenvalue weighted by atomic mass is 9.83. The zero-order chi connectivity index (χ0) is 15.4. The molecule has 1 aliphatic carbocycles. The third kappa shape index (κ3) is 3.46. The Hall–Kier alpha value is -1.35. The topological polar surface area (TPSA) is 46.3 Å². The summed E-state index contributed by atoms with van der Waals surface area (Å²) in [6.45, 7) is 7.65. The molecule has 21 heavy (non-hydrogen) atoms. The van der Waals surface area contributed by atoms with Crippen molar-refractivity contribution < 1.29 is 4.79 Å². The maximum Gasteiger partial charge on any atom is 0.254 e. The van der Waals surface area contributed by atoms with E-state index in [4.69, 9.17) is 5.73 Å². The van der Waals surface area contributed by atoms with E-state index in [1.54, 1.807) is 0 Å². The fourth-order valence-corrected chi connectivity index (χ4v) is 3.44. The smallest absolute Gasteiger partial charge is 0.254 e. The minimum atomic E-state index is 0.158. The molecule has 0 radical (unpaired) electrons. The van der Waals surface area contributed by atoms with E-state index in [9.17, 15) is 4.79 Å². The Morgan fingerprint density at radius 3 is 2.57 bits per heavy atom. The number of nitrogens with two attached hydrogens (primary N) is 1. The van der Waals surface area contributed by atoms with E-state index in [0.717, 1.165) is 24.9 Å². The second kappa shape index (κ2) is 7.08. The maximum atomic E-state index is 12.9. The molecule has 3 heteroatoms. The SMILES string of the molecule is CCN(C(=O)c1ccc(C)c(C)c1)C1CCCCC1CN. The molecule has 2 N–H and O–H groups in total. The van der Waals surface area contributed by atoms with E-state index in [1.165, 1.54) is 24.0 Å². The van der Waals surface area contributed by atoms with Crippen LogP contribution in [0.1, 0.15) is 54.1 Å². The number of nitrogens with zero attached hydrogens (tertiary/aromatic N) is 1. The van der Waals surface area contributed by atoms with Crippen LogP contribution in [0.3, 0.4) is 0 Å². The van der Waals surface area contributed by atoms with Gasteiger partial charge in [-0.25, -0.2) is 0 Å². The van der Waals surface area contributed by atoms with Crippen molar-refractivity contribution in [2.24, 2.45) is 11.7 Å². The van der Waals surface area contributed by atoms with Crippen molar-refractivity contribution in [2.45, 2.75) is 52.5 Å². The maximum absolute atomic E-state index is 12.9. The molecule has 3 nitrogen and oxygen atoms in total. The molecule has 0 spiro atoms. The van der Waals surface area contributed by atoms with E-state index in [-0.39, 0.29) is 5.91 Å². The fourth-order valence-electron chi connectivity index (χ4n) is 3.44. The van der Waals surface area contributed by atoms with Crippen molar-refractivity contribution >= 4 is 5.91 Å². The lowest BCUT2D eigenvalue weighted by molar-refractivity contribution is 0.0560. The van der Waals surface area contributed by atoms with Gasteiger partial charge < -0.3 is 10.6 Å². The van der Waals surface area contributed by atoms with Gasteiger partial charge >= 0.3 is 0 Å². The summed E-state index contributed by atoms with van der Waals surface area (Å²) in [6.07, 6.45) is 4.69. The molecule has 1 fully saturated rings. The molecule has 0 heterocycles. The zero-order valence-electron chi connectivity index (χ0n) is 13.6. The van der Waals surface area contributed by atoms with Gasteiger partial charge in [0.25, 0.3) is 5.91 Å². The van der Waals surface area contributed by atoms with Gasteiger partial charge in [-0.05, 0) is 69.3 Å². The summed E-state index contributed by atoms with van der Waals surface area (Å²) in [7, 11) is 0. The van der Waals surface area contributed by atoms with Crippen LogP contribution in [-0.4, -0.2) is 29.9 Å². The van der Waals surface area contributed by atoms with Gasteiger partial charge in [-0.2, -0.15) is 0 Å². The van der Waals surface area contributed by atoms with E-state index < -0.39 is 0 Å². The van der Waals surface area contributed by atoms with Gasteiger partial charge in [0.05, 0.1) is 0 Å². The Morgan fingerprint density at radius 1 is 1.24 bits per heavy atom. The van der Waals surface area contributed by atoms with Crippen molar-refractivity contribution in [3.8, 4) is 0 Å². The number of carbonyl (C=O) groups is 1. The molecule has 1 amide bonds. The van der Waals surface area contributed by atoms with Gasteiger partial charge in [-0.3, -0.25) is 4.79 Å². The first-order valence-corrected chi connectivity index (χ1v) is 8.16. The van der Waals surface area contributed by atoms with E-state index in [1.807, 2.05) is 23.1 Å². The monoisotopic (exact) mass is 288 g/mol. The summed E-state index contributed by atoms with van der Waals surface area (Å²) >= 11 is 0. The summed E-state index contributed by atoms with van der Waals surface area (Å²) in [5.41, 5.74) is 9.14. The Labute approximate surface area is 128 Å². The number of carbonyl (C=O) groups excluding carboxylic acids is 1.